The Bertz CT molecular complexity index is 380. The van der Waals surface area contributed by atoms with Gasteiger partial charge in [-0.2, -0.15) is 4.99 Å². The van der Waals surface area contributed by atoms with Crippen molar-refractivity contribution < 1.29 is 4.79 Å². The quantitative estimate of drug-likeness (QED) is 0.623. The second-order valence-corrected chi connectivity index (χ2v) is 3.29. The third-order valence-electron chi connectivity index (χ3n) is 1.90. The first-order valence-corrected chi connectivity index (χ1v) is 5.04. The maximum absolute atomic E-state index is 10.6. The Morgan fingerprint density at radius 2 is 2.13 bits per heavy atom. The molecule has 0 aliphatic heterocycles. The van der Waals surface area contributed by atoms with Crippen LogP contribution in [-0.4, -0.2) is 17.6 Å². The van der Waals surface area contributed by atoms with Crippen LogP contribution in [0.5, 0.6) is 0 Å². The third kappa shape index (κ3) is 4.49. The second kappa shape index (κ2) is 6.06. The third-order valence-corrected chi connectivity index (χ3v) is 1.99. The zero-order chi connectivity index (χ0) is 11.1. The van der Waals surface area contributed by atoms with Crippen molar-refractivity contribution in [1.29, 1.82) is 0 Å². The first kappa shape index (κ1) is 11.6. The van der Waals surface area contributed by atoms with Crippen LogP contribution in [0.25, 0.3) is 0 Å². The van der Waals surface area contributed by atoms with Gasteiger partial charge >= 0.3 is 0 Å². The Kier molecular flexibility index (Phi) is 4.68. The molecule has 0 fully saturated rings. The molecule has 0 aliphatic carbocycles. The van der Waals surface area contributed by atoms with Crippen molar-refractivity contribution in [2.45, 2.75) is 13.3 Å². The van der Waals surface area contributed by atoms with Crippen molar-refractivity contribution in [3.8, 4) is 0 Å². The fourth-order valence-corrected chi connectivity index (χ4v) is 1.28. The molecule has 0 atom stereocenters. The maximum Gasteiger partial charge on any atom is 0.216 e. The van der Waals surface area contributed by atoms with E-state index < -0.39 is 0 Å². The number of nitrogens with zero attached hydrogens (tertiary/aromatic N) is 1. The molecule has 1 aromatic carbocycles. The van der Waals surface area contributed by atoms with Crippen molar-refractivity contribution in [1.82, 2.24) is 5.32 Å². The van der Waals surface area contributed by atoms with Crippen molar-refractivity contribution in [2.75, 3.05) is 6.54 Å². The van der Waals surface area contributed by atoms with Crippen LogP contribution in [0.15, 0.2) is 29.3 Å². The highest BCUT2D eigenvalue weighted by molar-refractivity contribution is 7.78. The van der Waals surface area contributed by atoms with E-state index in [1.54, 1.807) is 0 Å². The predicted octanol–water partition coefficient (Wildman–Crippen LogP) is 2.10. The van der Waals surface area contributed by atoms with Crippen LogP contribution in [0.4, 0.5) is 5.69 Å². The number of aliphatic imine (C=N–C) groups is 1. The van der Waals surface area contributed by atoms with E-state index in [-0.39, 0.29) is 5.91 Å². The molecule has 0 aromatic heterocycles. The van der Waals surface area contributed by atoms with E-state index in [0.717, 1.165) is 17.7 Å². The van der Waals surface area contributed by atoms with Gasteiger partial charge in [0, 0.05) is 13.5 Å². The molecule has 0 saturated heterocycles. The smallest absolute Gasteiger partial charge is 0.216 e. The maximum atomic E-state index is 10.6. The minimum absolute atomic E-state index is 0.00285. The molecule has 1 N–H and O–H groups in total. The molecular formula is C11H12N2OS. The molecule has 0 radical (unpaired) electrons. The first-order chi connectivity index (χ1) is 7.22. The van der Waals surface area contributed by atoms with E-state index in [4.69, 9.17) is 0 Å². The van der Waals surface area contributed by atoms with Crippen LogP contribution in [0, 0.1) is 0 Å². The number of isothiocyanates is 1. The van der Waals surface area contributed by atoms with Crippen molar-refractivity contribution in [3.05, 3.63) is 29.8 Å². The van der Waals surface area contributed by atoms with Crippen LogP contribution >= 0.6 is 12.2 Å². The van der Waals surface area contributed by atoms with E-state index in [9.17, 15) is 4.79 Å². The summed E-state index contributed by atoms with van der Waals surface area (Å²) in [5, 5.41) is 5.06. The Morgan fingerprint density at radius 1 is 1.47 bits per heavy atom. The van der Waals surface area contributed by atoms with Gasteiger partial charge in [0.25, 0.3) is 0 Å². The molecule has 0 spiro atoms. The number of rotatable bonds is 4. The summed E-state index contributed by atoms with van der Waals surface area (Å²) in [7, 11) is 0. The van der Waals surface area contributed by atoms with E-state index in [2.05, 4.69) is 27.7 Å². The van der Waals surface area contributed by atoms with Crippen molar-refractivity contribution in [2.24, 2.45) is 4.99 Å². The van der Waals surface area contributed by atoms with Gasteiger partial charge in [-0.25, -0.2) is 0 Å². The highest BCUT2D eigenvalue weighted by atomic mass is 32.1. The predicted molar refractivity (Wildman–Crippen MR) is 63.5 cm³/mol. The number of benzene rings is 1. The topological polar surface area (TPSA) is 41.5 Å². The molecular weight excluding hydrogens is 208 g/mol. The number of hydrogen-bond donors (Lipinski definition) is 1. The molecule has 0 aliphatic rings. The molecule has 0 bridgehead atoms. The summed E-state index contributed by atoms with van der Waals surface area (Å²) in [6.07, 6.45) is 0.821. The lowest BCUT2D eigenvalue weighted by molar-refractivity contribution is -0.118. The number of amides is 1. The monoisotopic (exact) mass is 220 g/mol. The molecule has 1 amide bonds. The standard InChI is InChI=1S/C11H12N2OS/c1-9(14)12-7-6-10-2-4-11(5-3-10)13-8-15/h2-5H,6-7H2,1H3,(H,12,14). The highest BCUT2D eigenvalue weighted by Crippen LogP contribution is 2.12. The Hall–Kier alpha value is -1.51. The molecule has 4 heteroatoms. The number of nitrogens with one attached hydrogen (secondary N) is 1. The minimum Gasteiger partial charge on any atom is -0.356 e. The van der Waals surface area contributed by atoms with Gasteiger partial charge in [-0.3, -0.25) is 4.79 Å². The number of hydrogen-bond acceptors (Lipinski definition) is 3. The molecule has 0 heterocycles. The van der Waals surface area contributed by atoms with E-state index in [1.807, 2.05) is 24.3 Å². The molecule has 1 rings (SSSR count). The lowest BCUT2D eigenvalue weighted by Gasteiger charge is -2.02. The Morgan fingerprint density at radius 3 is 2.67 bits per heavy atom. The number of carbonyl (C=O) groups excluding carboxylic acids is 1. The van der Waals surface area contributed by atoms with Gasteiger partial charge in [0.2, 0.25) is 5.91 Å². The lowest BCUT2D eigenvalue weighted by atomic mass is 10.1. The zero-order valence-corrected chi connectivity index (χ0v) is 9.30. The van der Waals surface area contributed by atoms with E-state index in [1.165, 1.54) is 6.92 Å². The van der Waals surface area contributed by atoms with Gasteiger partial charge in [0.1, 0.15) is 0 Å². The fourth-order valence-electron chi connectivity index (χ4n) is 1.17. The average molecular weight is 220 g/mol. The van der Waals surface area contributed by atoms with Gasteiger partial charge in [-0.05, 0) is 36.3 Å². The highest BCUT2D eigenvalue weighted by Gasteiger charge is 1.94. The van der Waals surface area contributed by atoms with Gasteiger partial charge in [0.05, 0.1) is 10.8 Å². The molecule has 0 unspecified atom stereocenters. The summed E-state index contributed by atoms with van der Waals surface area (Å²) in [5.41, 5.74) is 1.96. The van der Waals surface area contributed by atoms with Gasteiger partial charge < -0.3 is 5.32 Å². The van der Waals surface area contributed by atoms with Crippen LogP contribution in [0.2, 0.25) is 0 Å². The van der Waals surface area contributed by atoms with E-state index in [0.29, 0.717) is 6.54 Å². The van der Waals surface area contributed by atoms with Crippen molar-refractivity contribution in [3.63, 3.8) is 0 Å². The summed E-state index contributed by atoms with van der Waals surface area (Å²) in [6, 6.07) is 7.69. The van der Waals surface area contributed by atoms with Crippen LogP contribution < -0.4 is 5.32 Å². The average Bonchev–Trinajstić information content (AvgIpc) is 2.20. The lowest BCUT2D eigenvalue weighted by Crippen LogP contribution is -2.22. The van der Waals surface area contributed by atoms with Gasteiger partial charge in [-0.1, -0.05) is 12.1 Å². The van der Waals surface area contributed by atoms with Crippen LogP contribution in [-0.2, 0) is 11.2 Å². The first-order valence-electron chi connectivity index (χ1n) is 4.63. The molecule has 78 valence electrons. The van der Waals surface area contributed by atoms with Gasteiger partial charge in [-0.15, -0.1) is 0 Å². The Balaban J connectivity index is 2.49. The summed E-state index contributed by atoms with van der Waals surface area (Å²) in [6.45, 7) is 2.17. The molecule has 1 aromatic rings. The largest absolute Gasteiger partial charge is 0.356 e. The fraction of sp³-hybridized carbons (Fsp3) is 0.273. The minimum atomic E-state index is -0.00285. The Labute approximate surface area is 94.2 Å². The second-order valence-electron chi connectivity index (χ2n) is 3.10. The number of thiocarbonyl (C=S) groups is 1. The van der Waals surface area contributed by atoms with Crippen molar-refractivity contribution >= 4 is 29.0 Å². The van der Waals surface area contributed by atoms with Crippen LogP contribution in [0.3, 0.4) is 0 Å². The normalized spacial score (nSPS) is 9.13. The van der Waals surface area contributed by atoms with Crippen LogP contribution in [0.1, 0.15) is 12.5 Å². The molecule has 0 saturated carbocycles. The molecule has 15 heavy (non-hydrogen) atoms. The molecule has 3 nitrogen and oxygen atoms in total. The summed E-state index contributed by atoms with van der Waals surface area (Å²) in [4.78, 5) is 14.5. The van der Waals surface area contributed by atoms with Gasteiger partial charge in [0.15, 0.2) is 0 Å². The summed E-state index contributed by atoms with van der Waals surface area (Å²) in [5.74, 6) is -0.00285. The SMILES string of the molecule is CC(=O)NCCc1ccc(N=C=S)cc1. The van der Waals surface area contributed by atoms with E-state index >= 15 is 0 Å². The summed E-state index contributed by atoms with van der Waals surface area (Å²) < 4.78 is 0. The zero-order valence-electron chi connectivity index (χ0n) is 8.49. The summed E-state index contributed by atoms with van der Waals surface area (Å²) >= 11 is 4.50. The number of carbonyl (C=O) groups is 1.